The van der Waals surface area contributed by atoms with Gasteiger partial charge in [-0.25, -0.2) is 4.57 Å². The van der Waals surface area contributed by atoms with Crippen LogP contribution in [0.5, 0.6) is 0 Å². The molecule has 37 heavy (non-hydrogen) atoms. The van der Waals surface area contributed by atoms with E-state index in [9.17, 15) is 14.3 Å². The molecule has 2 atom stereocenters. The molecule has 0 heterocycles. The number of hydrogen-bond acceptors (Lipinski definition) is 7. The lowest BCUT2D eigenvalue weighted by atomic mass is 10.1. The summed E-state index contributed by atoms with van der Waals surface area (Å²) in [5, 5.41) is 0. The van der Waals surface area contributed by atoms with E-state index in [0.717, 1.165) is 57.8 Å². The predicted octanol–water partition coefficient (Wildman–Crippen LogP) is 6.79. The van der Waals surface area contributed by atoms with Gasteiger partial charge in [-0.05, 0) is 44.9 Å². The number of rotatable bonds is 26. The van der Waals surface area contributed by atoms with Crippen LogP contribution in [0.3, 0.4) is 0 Å². The van der Waals surface area contributed by atoms with E-state index in [4.69, 9.17) is 24.3 Å². The molecule has 0 aromatic rings. The number of unbranched alkanes of at least 4 members (excludes halogenated alkanes) is 7. The quantitative estimate of drug-likeness (QED) is 0.0528. The average molecular weight is 546 g/mol. The van der Waals surface area contributed by atoms with Crippen LogP contribution < -0.4 is 5.73 Å². The molecular weight excluding hydrogens is 493 g/mol. The number of nitrogens with two attached hydrogens (primary N) is 1. The Bertz CT molecular complexity index is 667. The molecule has 9 heteroatoms. The Labute approximate surface area is 225 Å². The van der Waals surface area contributed by atoms with Crippen molar-refractivity contribution in [2.24, 2.45) is 5.73 Å². The number of carbonyl (C=O) groups is 1. The number of hydrogen-bond donors (Lipinski definition) is 2. The Morgan fingerprint density at radius 2 is 1.49 bits per heavy atom. The smallest absolute Gasteiger partial charge is 0.457 e. The molecule has 0 aromatic carbocycles. The minimum atomic E-state index is -4.24. The molecule has 0 spiro atoms. The van der Waals surface area contributed by atoms with Crippen LogP contribution in [0.25, 0.3) is 0 Å². The molecule has 0 bridgehead atoms. The van der Waals surface area contributed by atoms with Gasteiger partial charge in [0.15, 0.2) is 0 Å². The Morgan fingerprint density at radius 1 is 0.838 bits per heavy atom. The van der Waals surface area contributed by atoms with Gasteiger partial charge in [-0.3, -0.25) is 13.8 Å². The van der Waals surface area contributed by atoms with E-state index in [1.54, 1.807) is 0 Å². The van der Waals surface area contributed by atoms with E-state index in [2.05, 4.69) is 43.4 Å². The molecule has 0 saturated heterocycles. The van der Waals surface area contributed by atoms with Crippen LogP contribution in [0, 0.1) is 0 Å². The van der Waals surface area contributed by atoms with E-state index >= 15 is 0 Å². The highest BCUT2D eigenvalue weighted by molar-refractivity contribution is 7.47. The lowest BCUT2D eigenvalue weighted by Gasteiger charge is -2.20. The summed E-state index contributed by atoms with van der Waals surface area (Å²) in [6.07, 6.45) is 25.5. The van der Waals surface area contributed by atoms with Crippen LogP contribution >= 0.6 is 7.82 Å². The lowest BCUT2D eigenvalue weighted by molar-refractivity contribution is -0.154. The molecule has 0 radical (unpaired) electrons. The van der Waals surface area contributed by atoms with Crippen molar-refractivity contribution in [3.63, 3.8) is 0 Å². The third kappa shape index (κ3) is 26.1. The van der Waals surface area contributed by atoms with Crippen LogP contribution in [0.4, 0.5) is 0 Å². The van der Waals surface area contributed by atoms with Gasteiger partial charge in [0.05, 0.1) is 19.8 Å². The third-order valence-corrected chi connectivity index (χ3v) is 6.31. The summed E-state index contributed by atoms with van der Waals surface area (Å²) in [6, 6.07) is 0. The first-order chi connectivity index (χ1) is 17.9. The van der Waals surface area contributed by atoms with Gasteiger partial charge in [0.1, 0.15) is 6.10 Å². The van der Waals surface area contributed by atoms with E-state index in [-0.39, 0.29) is 38.8 Å². The van der Waals surface area contributed by atoms with Gasteiger partial charge in [-0.1, -0.05) is 82.4 Å². The van der Waals surface area contributed by atoms with E-state index in [1.807, 2.05) is 6.92 Å². The van der Waals surface area contributed by atoms with Crippen LogP contribution in [0.1, 0.15) is 97.3 Å². The van der Waals surface area contributed by atoms with Crippen molar-refractivity contribution in [3.05, 3.63) is 36.5 Å². The second kappa shape index (κ2) is 26.3. The molecule has 0 aliphatic heterocycles. The molecular formula is C28H52NO7P. The SMILES string of the molecule is CC/C=C\C/C=C\C/C=C\CCCCCCCCOCC(COP(=O)(O)OCCN)OC(=O)CCCC. The molecule has 0 aliphatic rings. The second-order valence-electron chi connectivity index (χ2n) is 8.88. The van der Waals surface area contributed by atoms with Crippen molar-refractivity contribution < 1.29 is 32.8 Å². The topological polar surface area (TPSA) is 117 Å². The molecule has 0 fully saturated rings. The number of carbonyl (C=O) groups excluding carboxylic acids is 1. The largest absolute Gasteiger partial charge is 0.472 e. The molecule has 0 amide bonds. The summed E-state index contributed by atoms with van der Waals surface area (Å²) in [5.41, 5.74) is 5.28. The summed E-state index contributed by atoms with van der Waals surface area (Å²) in [5.74, 6) is -0.374. The van der Waals surface area contributed by atoms with E-state index < -0.39 is 13.9 Å². The lowest BCUT2D eigenvalue weighted by Crippen LogP contribution is -2.28. The Hall–Kier alpha value is -1.28. The Kier molecular flexibility index (Phi) is 25.4. The highest BCUT2D eigenvalue weighted by Gasteiger charge is 2.25. The average Bonchev–Trinajstić information content (AvgIpc) is 2.88. The van der Waals surface area contributed by atoms with Gasteiger partial charge in [0.2, 0.25) is 0 Å². The first kappa shape index (κ1) is 35.7. The first-order valence-electron chi connectivity index (χ1n) is 14.0. The third-order valence-electron chi connectivity index (χ3n) is 5.32. The molecule has 2 unspecified atom stereocenters. The predicted molar refractivity (Wildman–Crippen MR) is 150 cm³/mol. The van der Waals surface area contributed by atoms with Gasteiger partial charge in [0.25, 0.3) is 0 Å². The van der Waals surface area contributed by atoms with Gasteiger partial charge >= 0.3 is 13.8 Å². The fraction of sp³-hybridized carbons (Fsp3) is 0.750. The summed E-state index contributed by atoms with van der Waals surface area (Å²) in [4.78, 5) is 21.6. The van der Waals surface area contributed by atoms with Crippen LogP contribution in [0.2, 0.25) is 0 Å². The van der Waals surface area contributed by atoms with Crippen LogP contribution in [-0.2, 0) is 27.9 Å². The zero-order chi connectivity index (χ0) is 27.5. The van der Waals surface area contributed by atoms with E-state index in [1.165, 1.54) is 19.3 Å². The molecule has 0 aromatic heterocycles. The summed E-state index contributed by atoms with van der Waals surface area (Å²) in [7, 11) is -4.24. The van der Waals surface area contributed by atoms with Crippen LogP contribution in [-0.4, -0.2) is 49.9 Å². The highest BCUT2D eigenvalue weighted by Crippen LogP contribution is 2.43. The van der Waals surface area contributed by atoms with Crippen molar-refractivity contribution in [2.45, 2.75) is 103 Å². The van der Waals surface area contributed by atoms with Gasteiger partial charge in [-0.2, -0.15) is 0 Å². The molecule has 0 saturated carbocycles. The number of allylic oxidation sites excluding steroid dienone is 6. The summed E-state index contributed by atoms with van der Waals surface area (Å²) >= 11 is 0. The van der Waals surface area contributed by atoms with Crippen LogP contribution in [0.15, 0.2) is 36.5 Å². The van der Waals surface area contributed by atoms with Gasteiger partial charge < -0.3 is 20.1 Å². The summed E-state index contributed by atoms with van der Waals surface area (Å²) < 4.78 is 32.5. The minimum absolute atomic E-state index is 0.0962. The fourth-order valence-electron chi connectivity index (χ4n) is 3.28. The van der Waals surface area contributed by atoms with Gasteiger partial charge in [0, 0.05) is 19.6 Å². The van der Waals surface area contributed by atoms with Crippen molar-refractivity contribution >= 4 is 13.8 Å². The second-order valence-corrected chi connectivity index (χ2v) is 10.3. The minimum Gasteiger partial charge on any atom is -0.457 e. The molecule has 216 valence electrons. The standard InChI is InChI=1S/C28H52NO7P/c1-3-5-7-8-9-10-11-12-13-14-15-16-17-18-19-20-23-33-25-27(36-28(30)21-6-4-2)26-35-37(31,32)34-24-22-29/h5,7,9-10,12-13,27H,3-4,6,8,11,14-26,29H2,1-2H3,(H,31,32)/b7-5-,10-9-,13-12-. The monoisotopic (exact) mass is 545 g/mol. The van der Waals surface area contributed by atoms with Crippen molar-refractivity contribution in [3.8, 4) is 0 Å². The zero-order valence-corrected chi connectivity index (χ0v) is 24.1. The maximum Gasteiger partial charge on any atom is 0.472 e. The summed E-state index contributed by atoms with van der Waals surface area (Å²) in [6.45, 7) is 4.48. The first-order valence-corrected chi connectivity index (χ1v) is 15.5. The van der Waals surface area contributed by atoms with Crippen molar-refractivity contribution in [1.82, 2.24) is 0 Å². The fourth-order valence-corrected chi connectivity index (χ4v) is 4.04. The highest BCUT2D eigenvalue weighted by atomic mass is 31.2. The van der Waals surface area contributed by atoms with Crippen molar-refractivity contribution in [2.75, 3.05) is 33.0 Å². The maximum absolute atomic E-state index is 12.0. The number of phosphoric ester groups is 1. The Morgan fingerprint density at radius 3 is 2.16 bits per heavy atom. The van der Waals surface area contributed by atoms with Crippen molar-refractivity contribution in [1.29, 1.82) is 0 Å². The zero-order valence-electron chi connectivity index (χ0n) is 23.2. The maximum atomic E-state index is 12.0. The molecule has 0 aliphatic carbocycles. The number of phosphoric acid groups is 1. The van der Waals surface area contributed by atoms with Gasteiger partial charge in [-0.15, -0.1) is 0 Å². The number of ether oxygens (including phenoxy) is 2. The molecule has 0 rings (SSSR count). The molecule has 8 nitrogen and oxygen atoms in total. The molecule has 3 N–H and O–H groups in total. The normalized spacial score (nSPS) is 14.6. The Balaban J connectivity index is 3.94. The number of esters is 1. The van der Waals surface area contributed by atoms with E-state index in [0.29, 0.717) is 6.61 Å².